The van der Waals surface area contributed by atoms with E-state index in [4.69, 9.17) is 4.42 Å². The molecule has 0 unspecified atom stereocenters. The second-order valence-electron chi connectivity index (χ2n) is 6.27. The first kappa shape index (κ1) is 16.6. The number of aliphatic carboxylic acids is 1. The van der Waals surface area contributed by atoms with Crippen LogP contribution in [0.15, 0.2) is 47.2 Å². The van der Waals surface area contributed by atoms with Gasteiger partial charge in [0.05, 0.1) is 12.0 Å². The minimum absolute atomic E-state index is 0.339. The van der Waals surface area contributed by atoms with Gasteiger partial charge in [-0.1, -0.05) is 12.5 Å². The maximum Gasteiger partial charge on any atom is 0.320 e. The van der Waals surface area contributed by atoms with Crippen molar-refractivity contribution in [2.75, 3.05) is 13.1 Å². The molecule has 1 N–H and O–H groups in total. The number of aromatic nitrogens is 1. The van der Waals surface area contributed by atoms with Gasteiger partial charge in [0.15, 0.2) is 0 Å². The smallest absolute Gasteiger partial charge is 0.320 e. The molecule has 0 amide bonds. The van der Waals surface area contributed by atoms with Crippen molar-refractivity contribution in [1.82, 2.24) is 9.47 Å². The molecule has 2 aromatic rings. The van der Waals surface area contributed by atoms with Gasteiger partial charge < -0.3 is 14.1 Å². The summed E-state index contributed by atoms with van der Waals surface area (Å²) in [6.07, 6.45) is 9.48. The summed E-state index contributed by atoms with van der Waals surface area (Å²) in [5, 5.41) is 9.38. The van der Waals surface area contributed by atoms with E-state index >= 15 is 0 Å². The van der Waals surface area contributed by atoms with Crippen LogP contribution in [0.1, 0.15) is 37.1 Å². The van der Waals surface area contributed by atoms with Crippen molar-refractivity contribution >= 4 is 11.5 Å². The van der Waals surface area contributed by atoms with Gasteiger partial charge in [0.1, 0.15) is 11.8 Å². The van der Waals surface area contributed by atoms with Gasteiger partial charge >= 0.3 is 5.97 Å². The summed E-state index contributed by atoms with van der Waals surface area (Å²) in [5.41, 5.74) is 2.15. The van der Waals surface area contributed by atoms with Crippen molar-refractivity contribution in [1.29, 1.82) is 0 Å². The molecule has 0 radical (unpaired) electrons. The number of aryl methyl sites for hydroxylation is 1. The van der Waals surface area contributed by atoms with Crippen LogP contribution in [0.25, 0.3) is 5.57 Å². The fourth-order valence-corrected chi connectivity index (χ4v) is 3.42. The Hall–Kier alpha value is -2.27. The summed E-state index contributed by atoms with van der Waals surface area (Å²) < 4.78 is 7.65. The van der Waals surface area contributed by atoms with Gasteiger partial charge in [-0.25, -0.2) is 0 Å². The van der Waals surface area contributed by atoms with Gasteiger partial charge in [-0.05, 0) is 50.1 Å². The summed E-state index contributed by atoms with van der Waals surface area (Å²) in [5.74, 6) is 0.137. The lowest BCUT2D eigenvalue weighted by Crippen LogP contribution is -2.44. The van der Waals surface area contributed by atoms with Crippen molar-refractivity contribution < 1.29 is 14.3 Å². The molecule has 2 aromatic heterocycles. The van der Waals surface area contributed by atoms with E-state index in [1.54, 1.807) is 6.26 Å². The van der Waals surface area contributed by atoms with Crippen LogP contribution in [0.4, 0.5) is 0 Å². The molecule has 24 heavy (non-hydrogen) atoms. The standard InChI is InChI=1S/C19H24N2O3/c1-20-11-5-9-16(20)15(18-10-6-14-24-18)7-4-13-21-12-3-2-8-17(21)19(22)23/h5-7,9-11,14,17H,2-4,8,12-13H2,1H3,(H,22,23)/t17-/m0/s1. The molecule has 1 saturated heterocycles. The molecule has 0 spiro atoms. The first-order chi connectivity index (χ1) is 11.7. The number of carboxylic acids is 1. The second kappa shape index (κ2) is 7.53. The van der Waals surface area contributed by atoms with Crippen molar-refractivity contribution in [3.05, 3.63) is 54.3 Å². The molecule has 0 aromatic carbocycles. The predicted octanol–water partition coefficient (Wildman–Crippen LogP) is 3.38. The Labute approximate surface area is 142 Å². The Morgan fingerprint density at radius 1 is 1.38 bits per heavy atom. The summed E-state index contributed by atoms with van der Waals surface area (Å²) >= 11 is 0. The number of hydrogen-bond donors (Lipinski definition) is 1. The Morgan fingerprint density at radius 2 is 2.25 bits per heavy atom. The number of hydrogen-bond acceptors (Lipinski definition) is 3. The predicted molar refractivity (Wildman–Crippen MR) is 92.7 cm³/mol. The van der Waals surface area contributed by atoms with E-state index in [0.29, 0.717) is 0 Å². The Morgan fingerprint density at radius 3 is 2.92 bits per heavy atom. The molecule has 1 aliphatic rings. The SMILES string of the molecule is Cn1cccc1C(=CCCN1CCCC[C@H]1C(=O)O)c1ccco1. The first-order valence-corrected chi connectivity index (χ1v) is 8.49. The summed E-state index contributed by atoms with van der Waals surface area (Å²) in [6.45, 7) is 1.62. The van der Waals surface area contributed by atoms with E-state index in [0.717, 1.165) is 55.8 Å². The minimum atomic E-state index is -0.702. The molecule has 3 rings (SSSR count). The first-order valence-electron chi connectivity index (χ1n) is 8.49. The summed E-state index contributed by atoms with van der Waals surface area (Å²) in [6, 6.07) is 7.58. The van der Waals surface area contributed by atoms with Crippen LogP contribution in [-0.4, -0.2) is 39.7 Å². The van der Waals surface area contributed by atoms with E-state index in [2.05, 4.69) is 21.6 Å². The maximum absolute atomic E-state index is 11.4. The van der Waals surface area contributed by atoms with E-state index in [1.165, 1.54) is 0 Å². The zero-order chi connectivity index (χ0) is 16.9. The van der Waals surface area contributed by atoms with Crippen LogP contribution >= 0.6 is 0 Å². The summed E-state index contributed by atoms with van der Waals surface area (Å²) in [7, 11) is 2.01. The molecule has 0 aliphatic carbocycles. The van der Waals surface area contributed by atoms with Gasteiger partial charge in [-0.2, -0.15) is 0 Å². The number of piperidine rings is 1. The van der Waals surface area contributed by atoms with Crippen molar-refractivity contribution in [3.63, 3.8) is 0 Å². The number of carboxylic acid groups (broad SMARTS) is 1. The maximum atomic E-state index is 11.4. The van der Waals surface area contributed by atoms with Gasteiger partial charge in [-0.3, -0.25) is 9.69 Å². The number of carbonyl (C=O) groups is 1. The zero-order valence-electron chi connectivity index (χ0n) is 14.0. The van der Waals surface area contributed by atoms with Crippen LogP contribution in [-0.2, 0) is 11.8 Å². The number of rotatable bonds is 6. The number of furan rings is 1. The van der Waals surface area contributed by atoms with E-state index in [-0.39, 0.29) is 6.04 Å². The van der Waals surface area contributed by atoms with Gasteiger partial charge in [0, 0.05) is 25.4 Å². The number of likely N-dealkylation sites (tertiary alicyclic amines) is 1. The average Bonchev–Trinajstić information content (AvgIpc) is 3.24. The third kappa shape index (κ3) is 3.62. The lowest BCUT2D eigenvalue weighted by atomic mass is 10.0. The van der Waals surface area contributed by atoms with Gasteiger partial charge in [-0.15, -0.1) is 0 Å². The van der Waals surface area contributed by atoms with Crippen molar-refractivity contribution in [2.24, 2.45) is 7.05 Å². The lowest BCUT2D eigenvalue weighted by Gasteiger charge is -2.32. The molecule has 1 atom stereocenters. The van der Waals surface area contributed by atoms with Crippen molar-refractivity contribution in [2.45, 2.75) is 31.7 Å². The molecule has 0 bridgehead atoms. The van der Waals surface area contributed by atoms with Crippen molar-refractivity contribution in [3.8, 4) is 0 Å². The normalized spacial score (nSPS) is 19.5. The number of nitrogens with zero attached hydrogens (tertiary/aromatic N) is 2. The highest BCUT2D eigenvalue weighted by Crippen LogP contribution is 2.25. The highest BCUT2D eigenvalue weighted by atomic mass is 16.4. The molecule has 1 aliphatic heterocycles. The largest absolute Gasteiger partial charge is 0.480 e. The molecular weight excluding hydrogens is 304 g/mol. The molecule has 3 heterocycles. The zero-order valence-corrected chi connectivity index (χ0v) is 14.0. The molecule has 5 nitrogen and oxygen atoms in total. The van der Waals surface area contributed by atoms with E-state index < -0.39 is 5.97 Å². The highest BCUT2D eigenvalue weighted by Gasteiger charge is 2.27. The molecule has 5 heteroatoms. The quantitative estimate of drug-likeness (QED) is 0.883. The van der Waals surface area contributed by atoms with Gasteiger partial charge in [0.2, 0.25) is 0 Å². The third-order valence-corrected chi connectivity index (χ3v) is 4.67. The van der Waals surface area contributed by atoms with E-state index in [1.807, 2.05) is 31.4 Å². The Kier molecular flexibility index (Phi) is 5.20. The average molecular weight is 328 g/mol. The van der Waals surface area contributed by atoms with Crippen LogP contribution in [0.2, 0.25) is 0 Å². The van der Waals surface area contributed by atoms with Crippen LogP contribution in [0.5, 0.6) is 0 Å². The van der Waals surface area contributed by atoms with Crippen LogP contribution in [0, 0.1) is 0 Å². The fraction of sp³-hybridized carbons (Fsp3) is 0.421. The van der Waals surface area contributed by atoms with Gasteiger partial charge in [0.25, 0.3) is 0 Å². The lowest BCUT2D eigenvalue weighted by molar-refractivity contribution is -0.144. The fourth-order valence-electron chi connectivity index (χ4n) is 3.42. The molecular formula is C19H24N2O3. The molecule has 1 fully saturated rings. The minimum Gasteiger partial charge on any atom is -0.480 e. The molecule has 0 saturated carbocycles. The highest BCUT2D eigenvalue weighted by molar-refractivity contribution is 5.75. The monoisotopic (exact) mass is 328 g/mol. The Balaban J connectivity index is 1.74. The second-order valence-corrected chi connectivity index (χ2v) is 6.27. The molecule has 128 valence electrons. The third-order valence-electron chi connectivity index (χ3n) is 4.67. The van der Waals surface area contributed by atoms with Crippen LogP contribution in [0.3, 0.4) is 0 Å². The topological polar surface area (TPSA) is 58.6 Å². The summed E-state index contributed by atoms with van der Waals surface area (Å²) in [4.78, 5) is 13.5. The Bertz CT molecular complexity index is 700. The van der Waals surface area contributed by atoms with Crippen LogP contribution < -0.4 is 0 Å². The van der Waals surface area contributed by atoms with E-state index in [9.17, 15) is 9.90 Å².